The van der Waals surface area contributed by atoms with Crippen LogP contribution in [0.15, 0.2) is 0 Å². The van der Waals surface area contributed by atoms with Crippen LogP contribution in [0.3, 0.4) is 0 Å². The number of nitrogens with zero attached hydrogens (tertiary/aromatic N) is 1. The molecular weight excluding hydrogens is 138 g/mol. The van der Waals surface area contributed by atoms with Crippen molar-refractivity contribution in [3.05, 3.63) is 0 Å². The summed E-state index contributed by atoms with van der Waals surface area (Å²) in [7, 11) is 0. The summed E-state index contributed by atoms with van der Waals surface area (Å²) >= 11 is 0. The maximum atomic E-state index is 5.45. The Morgan fingerprint density at radius 2 is 2.00 bits per heavy atom. The van der Waals surface area contributed by atoms with Crippen LogP contribution in [-0.4, -0.2) is 44.2 Å². The molecule has 0 aliphatic rings. The third-order valence-electron chi connectivity index (χ3n) is 1.75. The summed E-state index contributed by atoms with van der Waals surface area (Å²) in [5.41, 5.74) is 5.45. The van der Waals surface area contributed by atoms with E-state index in [0.29, 0.717) is 0 Å². The highest BCUT2D eigenvalue weighted by molar-refractivity contribution is 4.57. The lowest BCUT2D eigenvalue weighted by molar-refractivity contribution is 0.296. The molecule has 0 aromatic heterocycles. The Kier molecular flexibility index (Phi) is 7.89. The number of rotatable bonds is 7. The molecule has 11 heavy (non-hydrogen) atoms. The van der Waals surface area contributed by atoms with Gasteiger partial charge in [0.05, 0.1) is 0 Å². The SMILES string of the molecule is CCNCCN(CC)CCN. The summed E-state index contributed by atoms with van der Waals surface area (Å²) in [5, 5.41) is 3.29. The Morgan fingerprint density at radius 1 is 1.27 bits per heavy atom. The zero-order valence-electron chi connectivity index (χ0n) is 7.77. The molecule has 0 amide bonds. The largest absolute Gasteiger partial charge is 0.329 e. The molecule has 0 bridgehead atoms. The zero-order chi connectivity index (χ0) is 8.53. The second kappa shape index (κ2) is 7.98. The second-order valence-corrected chi connectivity index (χ2v) is 2.58. The quantitative estimate of drug-likeness (QED) is 0.509. The molecule has 0 heterocycles. The van der Waals surface area contributed by atoms with Crippen molar-refractivity contribution in [1.82, 2.24) is 10.2 Å². The van der Waals surface area contributed by atoms with Crippen molar-refractivity contribution in [3.8, 4) is 0 Å². The minimum absolute atomic E-state index is 0.764. The molecular formula is C8H21N3. The predicted octanol–water partition coefficient (Wildman–Crippen LogP) is -0.123. The van der Waals surface area contributed by atoms with E-state index in [1.54, 1.807) is 0 Å². The molecule has 0 aliphatic carbocycles. The summed E-state index contributed by atoms with van der Waals surface area (Å²) in [6.45, 7) is 10.4. The summed E-state index contributed by atoms with van der Waals surface area (Å²) in [4.78, 5) is 2.35. The van der Waals surface area contributed by atoms with Gasteiger partial charge in [0.1, 0.15) is 0 Å². The van der Waals surface area contributed by atoms with Crippen LogP contribution in [0.2, 0.25) is 0 Å². The summed E-state index contributed by atoms with van der Waals surface area (Å²) in [6.07, 6.45) is 0. The first-order valence-corrected chi connectivity index (χ1v) is 4.48. The third kappa shape index (κ3) is 6.28. The maximum absolute atomic E-state index is 5.45. The van der Waals surface area contributed by atoms with Crippen LogP contribution in [0.5, 0.6) is 0 Å². The Bertz CT molecular complexity index is 75.7. The standard InChI is InChI=1S/C8H21N3/c1-3-10-6-8-11(4-2)7-5-9/h10H,3-9H2,1-2H3. The molecule has 0 aromatic rings. The van der Waals surface area contributed by atoms with Gasteiger partial charge in [-0.3, -0.25) is 0 Å². The average Bonchev–Trinajstić information content (AvgIpc) is 2.03. The molecule has 0 radical (unpaired) electrons. The number of nitrogens with one attached hydrogen (secondary N) is 1. The summed E-state index contributed by atoms with van der Waals surface area (Å²) < 4.78 is 0. The molecule has 3 N–H and O–H groups in total. The van der Waals surface area contributed by atoms with Crippen LogP contribution < -0.4 is 11.1 Å². The van der Waals surface area contributed by atoms with Crippen molar-refractivity contribution in [1.29, 1.82) is 0 Å². The van der Waals surface area contributed by atoms with Gasteiger partial charge in [-0.05, 0) is 13.1 Å². The highest BCUT2D eigenvalue weighted by Crippen LogP contribution is 1.83. The molecule has 0 saturated heterocycles. The van der Waals surface area contributed by atoms with Crippen LogP contribution >= 0.6 is 0 Å². The Hall–Kier alpha value is -0.120. The second-order valence-electron chi connectivity index (χ2n) is 2.58. The maximum Gasteiger partial charge on any atom is 0.0107 e. The molecule has 0 aromatic carbocycles. The summed E-state index contributed by atoms with van der Waals surface area (Å²) in [5.74, 6) is 0. The van der Waals surface area contributed by atoms with Crippen molar-refractivity contribution in [2.45, 2.75) is 13.8 Å². The zero-order valence-corrected chi connectivity index (χ0v) is 7.77. The van der Waals surface area contributed by atoms with Gasteiger partial charge < -0.3 is 16.0 Å². The molecule has 0 unspecified atom stereocenters. The highest BCUT2D eigenvalue weighted by Gasteiger charge is 1.97. The van der Waals surface area contributed by atoms with E-state index in [1.165, 1.54) is 0 Å². The summed E-state index contributed by atoms with van der Waals surface area (Å²) in [6, 6.07) is 0. The van der Waals surface area contributed by atoms with E-state index in [4.69, 9.17) is 5.73 Å². The minimum Gasteiger partial charge on any atom is -0.329 e. The molecule has 0 spiro atoms. The predicted molar refractivity (Wildman–Crippen MR) is 49.7 cm³/mol. The smallest absolute Gasteiger partial charge is 0.0107 e. The van der Waals surface area contributed by atoms with Crippen LogP contribution in [0.25, 0.3) is 0 Å². The van der Waals surface area contributed by atoms with Gasteiger partial charge in [0.25, 0.3) is 0 Å². The van der Waals surface area contributed by atoms with E-state index in [-0.39, 0.29) is 0 Å². The van der Waals surface area contributed by atoms with Gasteiger partial charge in [0.2, 0.25) is 0 Å². The van der Waals surface area contributed by atoms with Gasteiger partial charge in [0, 0.05) is 26.2 Å². The van der Waals surface area contributed by atoms with Crippen molar-refractivity contribution in [2.75, 3.05) is 39.3 Å². The third-order valence-corrected chi connectivity index (χ3v) is 1.75. The highest BCUT2D eigenvalue weighted by atomic mass is 15.1. The normalized spacial score (nSPS) is 10.9. The van der Waals surface area contributed by atoms with Gasteiger partial charge in [-0.2, -0.15) is 0 Å². The molecule has 3 nitrogen and oxygen atoms in total. The lowest BCUT2D eigenvalue weighted by Gasteiger charge is -2.18. The van der Waals surface area contributed by atoms with Gasteiger partial charge >= 0.3 is 0 Å². The first-order valence-electron chi connectivity index (χ1n) is 4.48. The molecule has 0 atom stereocenters. The van der Waals surface area contributed by atoms with E-state index in [1.807, 2.05) is 0 Å². The molecule has 0 fully saturated rings. The van der Waals surface area contributed by atoms with E-state index < -0.39 is 0 Å². The molecule has 0 aliphatic heterocycles. The first-order chi connectivity index (χ1) is 5.35. The van der Waals surface area contributed by atoms with E-state index in [2.05, 4.69) is 24.1 Å². The number of hydrogen-bond donors (Lipinski definition) is 2. The van der Waals surface area contributed by atoms with Gasteiger partial charge in [-0.15, -0.1) is 0 Å². The number of hydrogen-bond acceptors (Lipinski definition) is 3. The fraction of sp³-hybridized carbons (Fsp3) is 1.00. The number of nitrogens with two attached hydrogens (primary N) is 1. The molecule has 0 saturated carbocycles. The van der Waals surface area contributed by atoms with Crippen molar-refractivity contribution >= 4 is 0 Å². The lowest BCUT2D eigenvalue weighted by atomic mass is 10.4. The van der Waals surface area contributed by atoms with Crippen LogP contribution in [-0.2, 0) is 0 Å². The Labute approximate surface area is 69.9 Å². The lowest BCUT2D eigenvalue weighted by Crippen LogP contribution is -2.35. The van der Waals surface area contributed by atoms with Gasteiger partial charge in [0.15, 0.2) is 0 Å². The number of likely N-dealkylation sites (N-methyl/N-ethyl adjacent to an activating group) is 2. The van der Waals surface area contributed by atoms with E-state index in [0.717, 1.165) is 39.3 Å². The minimum atomic E-state index is 0.764. The fourth-order valence-corrected chi connectivity index (χ4v) is 1.02. The molecule has 68 valence electrons. The van der Waals surface area contributed by atoms with Crippen LogP contribution in [0.4, 0.5) is 0 Å². The Morgan fingerprint density at radius 3 is 2.45 bits per heavy atom. The van der Waals surface area contributed by atoms with E-state index >= 15 is 0 Å². The van der Waals surface area contributed by atoms with Crippen molar-refractivity contribution in [2.24, 2.45) is 5.73 Å². The van der Waals surface area contributed by atoms with Crippen LogP contribution in [0, 0.1) is 0 Å². The van der Waals surface area contributed by atoms with Gasteiger partial charge in [-0.25, -0.2) is 0 Å². The topological polar surface area (TPSA) is 41.3 Å². The average molecular weight is 159 g/mol. The molecule has 0 rings (SSSR count). The van der Waals surface area contributed by atoms with E-state index in [9.17, 15) is 0 Å². The van der Waals surface area contributed by atoms with Crippen LogP contribution in [0.1, 0.15) is 13.8 Å². The molecule has 3 heteroatoms. The monoisotopic (exact) mass is 159 g/mol. The van der Waals surface area contributed by atoms with Gasteiger partial charge in [-0.1, -0.05) is 13.8 Å². The first kappa shape index (κ1) is 10.9. The van der Waals surface area contributed by atoms with Crippen molar-refractivity contribution < 1.29 is 0 Å². The fourth-order valence-electron chi connectivity index (χ4n) is 1.02. The van der Waals surface area contributed by atoms with Crippen molar-refractivity contribution in [3.63, 3.8) is 0 Å². The Balaban J connectivity index is 3.20.